The Bertz CT molecular complexity index is 986. The molecule has 0 saturated heterocycles. The average molecular weight is 477 g/mol. The van der Waals surface area contributed by atoms with Crippen LogP contribution in [0.25, 0.3) is 22.5 Å². The number of nitrogens with zero attached hydrogens (tertiary/aromatic N) is 2. The van der Waals surface area contributed by atoms with Crippen molar-refractivity contribution in [2.75, 3.05) is 6.61 Å². The first-order valence-electron chi connectivity index (χ1n) is 13.5. The number of unbranched alkanes of at least 4 members (excludes halogenated alkanes) is 9. The molecule has 0 N–H and O–H groups in total. The maximum Gasteiger partial charge on any atom is 0.165 e. The molecule has 0 aliphatic heterocycles. The van der Waals surface area contributed by atoms with Gasteiger partial charge in [-0.2, -0.15) is 0 Å². The van der Waals surface area contributed by atoms with Gasteiger partial charge in [-0.25, -0.2) is 14.4 Å². The second-order valence-electron chi connectivity index (χ2n) is 9.42. The van der Waals surface area contributed by atoms with Gasteiger partial charge in [-0.1, -0.05) is 95.9 Å². The Balaban J connectivity index is 1.50. The molecule has 0 saturated carbocycles. The van der Waals surface area contributed by atoms with Crippen LogP contribution in [0.15, 0.2) is 54.9 Å². The molecule has 0 amide bonds. The summed E-state index contributed by atoms with van der Waals surface area (Å²) in [4.78, 5) is 8.98. The molecule has 1 aromatic heterocycles. The first-order chi connectivity index (χ1) is 17.2. The largest absolute Gasteiger partial charge is 0.491 e. The second kappa shape index (κ2) is 15.3. The lowest BCUT2D eigenvalue weighted by molar-refractivity contribution is 0.290. The van der Waals surface area contributed by atoms with Gasteiger partial charge < -0.3 is 4.74 Å². The molecule has 3 nitrogen and oxygen atoms in total. The zero-order valence-electron chi connectivity index (χ0n) is 21.6. The third kappa shape index (κ3) is 9.08. The summed E-state index contributed by atoms with van der Waals surface area (Å²) < 4.78 is 20.2. The number of benzene rings is 2. The maximum atomic E-state index is 14.6. The van der Waals surface area contributed by atoms with Crippen LogP contribution in [0, 0.1) is 5.82 Å². The van der Waals surface area contributed by atoms with Crippen LogP contribution < -0.4 is 4.74 Å². The Hall–Kier alpha value is -2.75. The van der Waals surface area contributed by atoms with Gasteiger partial charge in [-0.05, 0) is 48.6 Å². The van der Waals surface area contributed by atoms with E-state index in [-0.39, 0.29) is 5.82 Å². The van der Waals surface area contributed by atoms with E-state index in [0.29, 0.717) is 23.7 Å². The Morgan fingerprint density at radius 3 is 1.91 bits per heavy atom. The smallest absolute Gasteiger partial charge is 0.165 e. The molecule has 3 aromatic rings. The van der Waals surface area contributed by atoms with E-state index in [9.17, 15) is 4.39 Å². The van der Waals surface area contributed by atoms with E-state index in [0.717, 1.165) is 30.4 Å². The fourth-order valence-corrected chi connectivity index (χ4v) is 4.24. The monoisotopic (exact) mass is 476 g/mol. The highest BCUT2D eigenvalue weighted by Crippen LogP contribution is 2.25. The Morgan fingerprint density at radius 1 is 0.657 bits per heavy atom. The molecule has 0 unspecified atom stereocenters. The van der Waals surface area contributed by atoms with Gasteiger partial charge in [-0.15, -0.1) is 0 Å². The number of hydrogen-bond donors (Lipinski definition) is 0. The topological polar surface area (TPSA) is 35.0 Å². The Morgan fingerprint density at radius 2 is 1.26 bits per heavy atom. The number of ether oxygens (including phenoxy) is 1. The lowest BCUT2D eigenvalue weighted by atomic mass is 10.0. The summed E-state index contributed by atoms with van der Waals surface area (Å²) >= 11 is 0. The summed E-state index contributed by atoms with van der Waals surface area (Å²) in [6, 6.07) is 13.6. The Labute approximate surface area is 211 Å². The van der Waals surface area contributed by atoms with Crippen molar-refractivity contribution in [1.82, 2.24) is 9.97 Å². The van der Waals surface area contributed by atoms with E-state index in [2.05, 4.69) is 48.1 Å². The lowest BCUT2D eigenvalue weighted by Crippen LogP contribution is -2.00. The molecule has 188 valence electrons. The number of rotatable bonds is 16. The minimum absolute atomic E-state index is 0.296. The third-order valence-corrected chi connectivity index (χ3v) is 6.45. The quantitative estimate of drug-likeness (QED) is 0.193. The fourth-order valence-electron chi connectivity index (χ4n) is 4.24. The molecule has 4 heteroatoms. The minimum Gasteiger partial charge on any atom is -0.491 e. The van der Waals surface area contributed by atoms with Crippen LogP contribution in [0.1, 0.15) is 90.0 Å². The van der Waals surface area contributed by atoms with Gasteiger partial charge in [0.2, 0.25) is 0 Å². The van der Waals surface area contributed by atoms with Gasteiger partial charge in [0.25, 0.3) is 0 Å². The van der Waals surface area contributed by atoms with E-state index >= 15 is 0 Å². The molecular weight excluding hydrogens is 435 g/mol. The molecule has 0 fully saturated rings. The van der Waals surface area contributed by atoms with Crippen molar-refractivity contribution in [2.45, 2.75) is 90.9 Å². The Kier molecular flexibility index (Phi) is 11.7. The van der Waals surface area contributed by atoms with Crippen molar-refractivity contribution in [3.63, 3.8) is 0 Å². The van der Waals surface area contributed by atoms with Crippen molar-refractivity contribution >= 4 is 0 Å². The zero-order valence-corrected chi connectivity index (χ0v) is 21.6. The molecule has 0 bridgehead atoms. The number of aryl methyl sites for hydroxylation is 1. The summed E-state index contributed by atoms with van der Waals surface area (Å²) in [5.74, 6) is 0.439. The number of halogens is 1. The number of aromatic nitrogens is 2. The highest BCUT2D eigenvalue weighted by atomic mass is 19.1. The summed E-state index contributed by atoms with van der Waals surface area (Å²) in [6.45, 7) is 5.01. The van der Waals surface area contributed by atoms with E-state index < -0.39 is 0 Å². The van der Waals surface area contributed by atoms with Crippen LogP contribution in [0.3, 0.4) is 0 Å². The van der Waals surface area contributed by atoms with Crippen molar-refractivity contribution < 1.29 is 9.13 Å². The maximum absolute atomic E-state index is 14.6. The molecule has 3 rings (SSSR count). The highest BCUT2D eigenvalue weighted by molar-refractivity contribution is 5.64. The first-order valence-corrected chi connectivity index (χ1v) is 13.5. The predicted octanol–water partition coefficient (Wildman–Crippen LogP) is 9.20. The molecule has 0 aliphatic carbocycles. The second-order valence-corrected chi connectivity index (χ2v) is 9.42. The van der Waals surface area contributed by atoms with E-state index in [1.54, 1.807) is 6.07 Å². The predicted molar refractivity (Wildman–Crippen MR) is 144 cm³/mol. The van der Waals surface area contributed by atoms with Gasteiger partial charge in [0, 0.05) is 23.5 Å². The van der Waals surface area contributed by atoms with Crippen LogP contribution in [0.5, 0.6) is 5.75 Å². The van der Waals surface area contributed by atoms with Crippen LogP contribution in [0.4, 0.5) is 4.39 Å². The summed E-state index contributed by atoms with van der Waals surface area (Å²) in [5.41, 5.74) is 4.08. The molecular formula is C31H41FN2O. The van der Waals surface area contributed by atoms with Crippen molar-refractivity contribution in [1.29, 1.82) is 0 Å². The minimum atomic E-state index is -0.369. The van der Waals surface area contributed by atoms with Crippen LogP contribution in [-0.4, -0.2) is 16.6 Å². The average Bonchev–Trinajstić information content (AvgIpc) is 2.89. The SMILES string of the molecule is CCCCCCCCOc1ccc(-c2ncc(-c3ccc(CCCCCCC)cc3)cn2)cc1F. The van der Waals surface area contributed by atoms with Crippen molar-refractivity contribution in [3.05, 3.63) is 66.2 Å². The zero-order chi connectivity index (χ0) is 24.7. The molecule has 0 spiro atoms. The molecule has 0 atom stereocenters. The van der Waals surface area contributed by atoms with Gasteiger partial charge >= 0.3 is 0 Å². The van der Waals surface area contributed by atoms with Gasteiger partial charge in [0.15, 0.2) is 17.4 Å². The van der Waals surface area contributed by atoms with Gasteiger partial charge in [-0.3, -0.25) is 0 Å². The normalized spacial score (nSPS) is 11.1. The van der Waals surface area contributed by atoms with Gasteiger partial charge in [0.05, 0.1) is 6.61 Å². The van der Waals surface area contributed by atoms with Crippen molar-refractivity contribution in [3.8, 4) is 28.3 Å². The third-order valence-electron chi connectivity index (χ3n) is 6.45. The van der Waals surface area contributed by atoms with E-state index in [1.807, 2.05) is 18.5 Å². The van der Waals surface area contributed by atoms with E-state index in [4.69, 9.17) is 4.74 Å². The van der Waals surface area contributed by atoms with E-state index in [1.165, 1.54) is 69.4 Å². The highest BCUT2D eigenvalue weighted by Gasteiger charge is 2.09. The standard InChI is InChI=1S/C31H41FN2O/c1-3-5-7-9-11-13-21-35-30-20-19-27(22-29(30)32)31-33-23-28(24-34-31)26-17-15-25(16-18-26)14-12-10-8-6-4-2/h15-20,22-24H,3-14,21H2,1-2H3. The molecule has 0 radical (unpaired) electrons. The molecule has 0 aliphatic rings. The van der Waals surface area contributed by atoms with Crippen LogP contribution in [-0.2, 0) is 6.42 Å². The summed E-state index contributed by atoms with van der Waals surface area (Å²) in [6.07, 6.45) is 18.3. The summed E-state index contributed by atoms with van der Waals surface area (Å²) in [7, 11) is 0. The number of hydrogen-bond acceptors (Lipinski definition) is 3. The lowest BCUT2D eigenvalue weighted by Gasteiger charge is -2.09. The molecule has 2 aromatic carbocycles. The summed E-state index contributed by atoms with van der Waals surface area (Å²) in [5, 5.41) is 0. The molecule has 35 heavy (non-hydrogen) atoms. The molecule has 1 heterocycles. The van der Waals surface area contributed by atoms with Crippen molar-refractivity contribution in [2.24, 2.45) is 0 Å². The fraction of sp³-hybridized carbons (Fsp3) is 0.484. The van der Waals surface area contributed by atoms with Gasteiger partial charge in [0.1, 0.15) is 0 Å². The van der Waals surface area contributed by atoms with Crippen LogP contribution in [0.2, 0.25) is 0 Å². The van der Waals surface area contributed by atoms with Crippen LogP contribution >= 0.6 is 0 Å². The first kappa shape index (κ1) is 26.8.